The van der Waals surface area contributed by atoms with Gasteiger partial charge in [0.25, 0.3) is 0 Å². The van der Waals surface area contributed by atoms with E-state index in [4.69, 9.17) is 0 Å². The Morgan fingerprint density at radius 1 is 0.266 bits per heavy atom. The zero-order valence-corrected chi connectivity index (χ0v) is 44.3. The third-order valence-electron chi connectivity index (χ3n) is 14.4. The highest BCUT2D eigenvalue weighted by atomic mass is 28.3. The molecule has 1 aliphatic carbocycles. The number of aryl methyl sites for hydroxylation is 6. The molecule has 4 rings (SSSR count). The van der Waals surface area contributed by atoms with Gasteiger partial charge in [-0.1, -0.05) is 249 Å². The molecule has 0 aliphatic heterocycles. The van der Waals surface area contributed by atoms with Crippen molar-refractivity contribution in [2.45, 2.75) is 260 Å². The topological polar surface area (TPSA) is 0 Å². The third-order valence-corrected chi connectivity index (χ3v) is 19.1. The first kappa shape index (κ1) is 54.0. The van der Waals surface area contributed by atoms with Crippen molar-refractivity contribution in [2.24, 2.45) is 0 Å². The minimum absolute atomic E-state index is 1.18. The van der Waals surface area contributed by atoms with Gasteiger partial charge >= 0.3 is 0 Å². The van der Waals surface area contributed by atoms with Crippen molar-refractivity contribution in [3.05, 3.63) is 117 Å². The summed E-state index contributed by atoms with van der Waals surface area (Å²) in [5.41, 5.74) is 12.8. The van der Waals surface area contributed by atoms with Crippen LogP contribution in [-0.2, 0) is 38.5 Å². The number of rotatable bonds is 37. The smallest absolute Gasteiger partial charge is 0.0750 e. The van der Waals surface area contributed by atoms with Crippen molar-refractivity contribution >= 4 is 23.6 Å². The summed E-state index contributed by atoms with van der Waals surface area (Å²) < 4.78 is 0. The van der Waals surface area contributed by atoms with Crippen LogP contribution in [0, 0.1) is 5.54 Å². The molecule has 3 aromatic carbocycles. The first-order valence-corrected chi connectivity index (χ1v) is 30.1. The normalized spacial score (nSPS) is 13.1. The second-order valence-electron chi connectivity index (χ2n) is 20.3. The zero-order chi connectivity index (χ0) is 45.7. The van der Waals surface area contributed by atoms with Crippen LogP contribution in [0.1, 0.15) is 255 Å². The van der Waals surface area contributed by atoms with Gasteiger partial charge in [0, 0.05) is 5.54 Å². The maximum atomic E-state index is 2.79. The minimum atomic E-state index is -2.83. The first-order valence-electron chi connectivity index (χ1n) is 28.1. The molecule has 0 saturated heterocycles. The van der Waals surface area contributed by atoms with E-state index < -0.39 is 8.07 Å². The Kier molecular flexibility index (Phi) is 27.1. The van der Waals surface area contributed by atoms with Crippen molar-refractivity contribution in [2.75, 3.05) is 0 Å². The SMILES string of the molecule is CCCCCCc1cc(CCCCCC)cc([Si]([C]2C=CC(CCCC)=C2)(c2cc(CCCCCC)cc(CCCCCC)c2)c2cc(CCCCCC)cc(CCCCCC)c2)c1. The van der Waals surface area contributed by atoms with E-state index in [0.29, 0.717) is 0 Å². The number of hydrogen-bond acceptors (Lipinski definition) is 0. The molecular weight excluding hydrogens is 785 g/mol. The van der Waals surface area contributed by atoms with Crippen LogP contribution in [0.3, 0.4) is 0 Å². The van der Waals surface area contributed by atoms with Crippen molar-refractivity contribution in [1.29, 1.82) is 0 Å². The Bertz CT molecular complexity index is 1490. The van der Waals surface area contributed by atoms with E-state index in [1.165, 1.54) is 212 Å². The molecule has 0 nitrogen and oxygen atoms in total. The molecular formula is C63H99Si. The molecule has 0 saturated carbocycles. The van der Waals surface area contributed by atoms with Crippen molar-refractivity contribution in [3.63, 3.8) is 0 Å². The molecule has 0 aromatic heterocycles. The highest BCUT2D eigenvalue weighted by Gasteiger charge is 2.47. The highest BCUT2D eigenvalue weighted by molar-refractivity contribution is 7.15. The van der Waals surface area contributed by atoms with E-state index in [0.717, 1.165) is 0 Å². The average Bonchev–Trinajstić information content (AvgIpc) is 3.78. The van der Waals surface area contributed by atoms with Crippen LogP contribution in [0.2, 0.25) is 0 Å². The van der Waals surface area contributed by atoms with Crippen LogP contribution in [0.4, 0.5) is 0 Å². The Morgan fingerprint density at radius 3 is 0.781 bits per heavy atom. The molecule has 0 spiro atoms. The first-order chi connectivity index (χ1) is 31.4. The summed E-state index contributed by atoms with van der Waals surface area (Å²) in [7, 11) is -2.83. The standard InChI is InChI=1S/C63H99Si/c1-8-15-22-28-35-54-43-55(36-29-23-16-9-2)48-61(47-54)64(60-42-41-53(46-60)34-21-14-7,62-49-56(37-30-24-17-10-3)44-57(50-62)38-31-25-18-11-4)63-51-58(39-32-26-19-12-5)45-59(52-63)40-33-27-20-13-6/h41-52H,8-40H2,1-7H3. The molecule has 1 radical (unpaired) electrons. The van der Waals surface area contributed by atoms with Gasteiger partial charge in [0.2, 0.25) is 0 Å². The van der Waals surface area contributed by atoms with E-state index in [1.54, 1.807) is 60.1 Å². The van der Waals surface area contributed by atoms with Gasteiger partial charge in [0.1, 0.15) is 0 Å². The second kappa shape index (κ2) is 32.1. The lowest BCUT2D eigenvalue weighted by Crippen LogP contribution is -2.70. The summed E-state index contributed by atoms with van der Waals surface area (Å²) in [5, 5.41) is 5.00. The van der Waals surface area contributed by atoms with Gasteiger partial charge in [-0.05, 0) is 139 Å². The van der Waals surface area contributed by atoms with Gasteiger partial charge in [0.05, 0.1) is 0 Å². The predicted octanol–water partition coefficient (Wildman–Crippen LogP) is 17.7. The van der Waals surface area contributed by atoms with E-state index in [9.17, 15) is 0 Å². The second-order valence-corrected chi connectivity index (χ2v) is 24.1. The third kappa shape index (κ3) is 17.9. The number of benzene rings is 3. The molecule has 3 aromatic rings. The number of hydrogen-bond donors (Lipinski definition) is 0. The Hall–Kier alpha value is -2.64. The molecule has 0 unspecified atom stereocenters. The van der Waals surface area contributed by atoms with Crippen molar-refractivity contribution in [1.82, 2.24) is 0 Å². The van der Waals surface area contributed by atoms with Crippen LogP contribution in [0.5, 0.6) is 0 Å². The lowest BCUT2D eigenvalue weighted by Gasteiger charge is -2.39. The van der Waals surface area contributed by atoms with Crippen LogP contribution in [-0.4, -0.2) is 8.07 Å². The quantitative estimate of drug-likeness (QED) is 0.0307. The Morgan fingerprint density at radius 2 is 0.531 bits per heavy atom. The maximum Gasteiger partial charge on any atom is 0.162 e. The summed E-state index contributed by atoms with van der Waals surface area (Å²) in [6.07, 6.45) is 50.4. The van der Waals surface area contributed by atoms with Gasteiger partial charge in [-0.15, -0.1) is 0 Å². The van der Waals surface area contributed by atoms with Crippen LogP contribution < -0.4 is 15.6 Å². The number of unbranched alkanes of at least 4 members (excludes halogenated alkanes) is 19. The zero-order valence-electron chi connectivity index (χ0n) is 43.3. The Balaban J connectivity index is 2.13. The van der Waals surface area contributed by atoms with E-state index in [-0.39, 0.29) is 0 Å². The molecule has 64 heavy (non-hydrogen) atoms. The average molecular weight is 885 g/mol. The van der Waals surface area contributed by atoms with Crippen LogP contribution in [0.15, 0.2) is 78.4 Å². The van der Waals surface area contributed by atoms with Gasteiger partial charge in [0.15, 0.2) is 8.07 Å². The fourth-order valence-corrected chi connectivity index (χ4v) is 15.7. The fourth-order valence-electron chi connectivity index (χ4n) is 10.6. The molecule has 0 heterocycles. The molecule has 0 fully saturated rings. The molecule has 1 heteroatoms. The van der Waals surface area contributed by atoms with Gasteiger partial charge in [-0.2, -0.15) is 0 Å². The fraction of sp³-hybridized carbons (Fsp3) is 0.635. The summed E-state index contributed by atoms with van der Waals surface area (Å²) >= 11 is 0. The summed E-state index contributed by atoms with van der Waals surface area (Å²) in [4.78, 5) is 0. The van der Waals surface area contributed by atoms with E-state index in [2.05, 4.69) is 121 Å². The summed E-state index contributed by atoms with van der Waals surface area (Å²) in [6, 6.07) is 24.7. The molecule has 355 valence electrons. The molecule has 0 bridgehead atoms. The monoisotopic (exact) mass is 884 g/mol. The van der Waals surface area contributed by atoms with Crippen molar-refractivity contribution < 1.29 is 0 Å². The van der Waals surface area contributed by atoms with Gasteiger partial charge in [-0.3, -0.25) is 0 Å². The Labute approximate surface area is 399 Å². The maximum absolute atomic E-state index is 2.83. The van der Waals surface area contributed by atoms with E-state index in [1.807, 2.05) is 0 Å². The number of allylic oxidation sites excluding steroid dienone is 4. The van der Waals surface area contributed by atoms with Gasteiger partial charge in [-0.25, -0.2) is 0 Å². The van der Waals surface area contributed by atoms with Crippen LogP contribution in [0.25, 0.3) is 0 Å². The molecule has 0 amide bonds. The summed E-state index contributed by atoms with van der Waals surface area (Å²) in [6.45, 7) is 16.5. The largest absolute Gasteiger partial charge is 0.162 e. The molecule has 0 atom stereocenters. The lowest BCUT2D eigenvalue weighted by molar-refractivity contribution is 0.661. The van der Waals surface area contributed by atoms with Crippen molar-refractivity contribution in [3.8, 4) is 0 Å². The minimum Gasteiger partial charge on any atom is -0.0750 e. The predicted molar refractivity (Wildman–Crippen MR) is 291 cm³/mol. The lowest BCUT2D eigenvalue weighted by atomic mass is 10.00. The highest BCUT2D eigenvalue weighted by Crippen LogP contribution is 2.33. The van der Waals surface area contributed by atoms with Gasteiger partial charge < -0.3 is 0 Å². The molecule has 0 N–H and O–H groups in total. The van der Waals surface area contributed by atoms with Crippen LogP contribution >= 0.6 is 0 Å². The summed E-state index contributed by atoms with van der Waals surface area (Å²) in [5.74, 6) is 0. The molecule has 1 aliphatic rings. The van der Waals surface area contributed by atoms with E-state index >= 15 is 0 Å².